The average molecular weight is 291 g/mol. The van der Waals surface area contributed by atoms with E-state index < -0.39 is 10.1 Å². The van der Waals surface area contributed by atoms with E-state index in [9.17, 15) is 13.0 Å². The second-order valence-corrected chi connectivity index (χ2v) is 5.66. The van der Waals surface area contributed by atoms with Gasteiger partial charge < -0.3 is 4.55 Å². The summed E-state index contributed by atoms with van der Waals surface area (Å²) >= 11 is 0. The molecule has 0 unspecified atom stereocenters. The Morgan fingerprint density at radius 1 is 1.10 bits per heavy atom. The number of hydrogen-bond donors (Lipinski definition) is 0. The van der Waals surface area contributed by atoms with Gasteiger partial charge in [0.05, 0.1) is 4.90 Å². The molecule has 1 aromatic heterocycles. The van der Waals surface area contributed by atoms with E-state index in [1.165, 1.54) is 12.1 Å². The summed E-state index contributed by atoms with van der Waals surface area (Å²) < 4.78 is 33.1. The first-order valence-electron chi connectivity index (χ1n) is 5.95. The zero-order chi connectivity index (χ0) is 15.2. The van der Waals surface area contributed by atoms with Gasteiger partial charge in [0.25, 0.3) is 0 Å². The number of aromatic nitrogens is 1. The first-order valence-corrected chi connectivity index (χ1v) is 7.36. The summed E-state index contributed by atoms with van der Waals surface area (Å²) in [6, 6.07) is 11.7. The van der Waals surface area contributed by atoms with Gasteiger partial charge in [-0.15, -0.1) is 0 Å². The molecule has 0 saturated heterocycles. The molecule has 4 nitrogen and oxygen atoms in total. The first kappa shape index (κ1) is 16.1. The number of hydrogen-bond acceptors (Lipinski definition) is 3. The molecule has 0 spiro atoms. The molecule has 1 heterocycles. The van der Waals surface area contributed by atoms with E-state index in [-0.39, 0.29) is 4.90 Å². The number of pyridine rings is 1. The van der Waals surface area contributed by atoms with Gasteiger partial charge in [0.1, 0.15) is 10.1 Å². The van der Waals surface area contributed by atoms with E-state index in [2.05, 4.69) is 6.58 Å². The Morgan fingerprint density at radius 3 is 1.95 bits per heavy atom. The Kier molecular flexibility index (Phi) is 5.61. The van der Waals surface area contributed by atoms with Crippen molar-refractivity contribution in [2.45, 2.75) is 18.7 Å². The molecule has 0 aliphatic heterocycles. The fraction of sp³-hybridized carbons (Fsp3) is 0.133. The van der Waals surface area contributed by atoms with Gasteiger partial charge >= 0.3 is 0 Å². The SMILES string of the molecule is C=C(C)[n+]1ccccc1.Cc1ccc(S(=O)(=O)[O-])cc1. The molecule has 2 rings (SSSR count). The van der Waals surface area contributed by atoms with Crippen LogP contribution >= 0.6 is 0 Å². The maximum Gasteiger partial charge on any atom is 0.176 e. The van der Waals surface area contributed by atoms with Crippen LogP contribution in [-0.4, -0.2) is 13.0 Å². The molecular weight excluding hydrogens is 274 g/mol. The summed E-state index contributed by atoms with van der Waals surface area (Å²) in [4.78, 5) is -0.178. The molecule has 0 aliphatic rings. The molecule has 0 radical (unpaired) electrons. The second kappa shape index (κ2) is 6.98. The lowest BCUT2D eigenvalue weighted by molar-refractivity contribution is -0.581. The highest BCUT2D eigenvalue weighted by Gasteiger charge is 1.97. The fourth-order valence-electron chi connectivity index (χ4n) is 1.36. The van der Waals surface area contributed by atoms with Gasteiger partial charge in [-0.25, -0.2) is 8.42 Å². The van der Waals surface area contributed by atoms with Gasteiger partial charge in [-0.3, -0.25) is 0 Å². The highest BCUT2D eigenvalue weighted by atomic mass is 32.2. The molecule has 1 aromatic carbocycles. The summed E-state index contributed by atoms with van der Waals surface area (Å²) in [5.74, 6) is 0. The number of allylic oxidation sites excluding steroid dienone is 1. The van der Waals surface area contributed by atoms with Crippen molar-refractivity contribution in [1.29, 1.82) is 0 Å². The third-order valence-electron chi connectivity index (χ3n) is 2.47. The summed E-state index contributed by atoms with van der Waals surface area (Å²) in [5, 5.41) is 0. The van der Waals surface area contributed by atoms with Gasteiger partial charge in [0, 0.05) is 19.1 Å². The largest absolute Gasteiger partial charge is 0.744 e. The van der Waals surface area contributed by atoms with Crippen LogP contribution in [-0.2, 0) is 10.1 Å². The Morgan fingerprint density at radius 2 is 1.60 bits per heavy atom. The highest BCUT2D eigenvalue weighted by molar-refractivity contribution is 7.85. The number of aryl methyl sites for hydroxylation is 1. The lowest BCUT2D eigenvalue weighted by atomic mass is 10.2. The lowest BCUT2D eigenvalue weighted by Crippen LogP contribution is -2.28. The number of nitrogens with zero attached hydrogens (tertiary/aromatic N) is 1. The number of rotatable bonds is 2. The van der Waals surface area contributed by atoms with Crippen LogP contribution in [0.3, 0.4) is 0 Å². The van der Waals surface area contributed by atoms with Gasteiger partial charge in [0.2, 0.25) is 0 Å². The van der Waals surface area contributed by atoms with E-state index >= 15 is 0 Å². The summed E-state index contributed by atoms with van der Waals surface area (Å²) in [6.07, 6.45) is 3.95. The van der Waals surface area contributed by atoms with Crippen molar-refractivity contribution in [3.63, 3.8) is 0 Å². The van der Waals surface area contributed by atoms with Crippen LogP contribution in [0.1, 0.15) is 12.5 Å². The maximum absolute atomic E-state index is 10.4. The predicted molar refractivity (Wildman–Crippen MR) is 76.8 cm³/mol. The minimum atomic E-state index is -4.27. The van der Waals surface area contributed by atoms with E-state index in [1.807, 2.05) is 49.0 Å². The third kappa shape index (κ3) is 5.34. The zero-order valence-corrected chi connectivity index (χ0v) is 12.3. The van der Waals surface area contributed by atoms with E-state index in [0.717, 1.165) is 11.3 Å². The van der Waals surface area contributed by atoms with Crippen LogP contribution in [0, 0.1) is 6.92 Å². The molecule has 0 fully saturated rings. The molecule has 5 heteroatoms. The fourth-order valence-corrected chi connectivity index (χ4v) is 1.83. The molecule has 0 bridgehead atoms. The Bertz CT molecular complexity index is 662. The highest BCUT2D eigenvalue weighted by Crippen LogP contribution is 2.08. The van der Waals surface area contributed by atoms with Crippen molar-refractivity contribution in [3.05, 3.63) is 67.0 Å². The van der Waals surface area contributed by atoms with Crippen molar-refractivity contribution >= 4 is 15.8 Å². The van der Waals surface area contributed by atoms with Crippen molar-refractivity contribution in [1.82, 2.24) is 0 Å². The Labute approximate surface area is 119 Å². The molecule has 20 heavy (non-hydrogen) atoms. The van der Waals surface area contributed by atoms with Crippen molar-refractivity contribution in [2.75, 3.05) is 0 Å². The van der Waals surface area contributed by atoms with Crippen LogP contribution in [0.5, 0.6) is 0 Å². The van der Waals surface area contributed by atoms with Crippen LogP contribution in [0.4, 0.5) is 0 Å². The van der Waals surface area contributed by atoms with Gasteiger partial charge in [0.15, 0.2) is 18.1 Å². The van der Waals surface area contributed by atoms with Gasteiger partial charge in [-0.05, 0) is 25.6 Å². The molecular formula is C15H17NO3S. The summed E-state index contributed by atoms with van der Waals surface area (Å²) in [7, 11) is -4.27. The molecule has 106 valence electrons. The van der Waals surface area contributed by atoms with Crippen LogP contribution in [0.25, 0.3) is 5.70 Å². The average Bonchev–Trinajstić information content (AvgIpc) is 2.40. The molecule has 0 amide bonds. The summed E-state index contributed by atoms with van der Waals surface area (Å²) in [6.45, 7) is 7.58. The Hall–Kier alpha value is -1.98. The molecule has 0 aliphatic carbocycles. The number of benzene rings is 1. The second-order valence-electron chi connectivity index (χ2n) is 4.29. The smallest absolute Gasteiger partial charge is 0.176 e. The Balaban J connectivity index is 0.000000204. The monoisotopic (exact) mass is 291 g/mol. The van der Waals surface area contributed by atoms with Crippen molar-refractivity contribution in [2.24, 2.45) is 0 Å². The lowest BCUT2D eigenvalue weighted by Gasteiger charge is -2.05. The van der Waals surface area contributed by atoms with Crippen LogP contribution in [0.2, 0.25) is 0 Å². The molecule has 2 aromatic rings. The minimum absolute atomic E-state index is 0.178. The van der Waals surface area contributed by atoms with Crippen LogP contribution in [0.15, 0.2) is 66.3 Å². The molecule has 0 saturated carbocycles. The van der Waals surface area contributed by atoms with Gasteiger partial charge in [-0.2, -0.15) is 4.57 Å². The topological polar surface area (TPSA) is 61.1 Å². The van der Waals surface area contributed by atoms with Crippen molar-refractivity contribution in [3.8, 4) is 0 Å². The van der Waals surface area contributed by atoms with E-state index in [4.69, 9.17) is 0 Å². The third-order valence-corrected chi connectivity index (χ3v) is 3.32. The molecule has 0 atom stereocenters. The molecule has 0 N–H and O–H groups in total. The quantitative estimate of drug-likeness (QED) is 0.630. The van der Waals surface area contributed by atoms with Crippen molar-refractivity contribution < 1.29 is 17.5 Å². The standard InChI is InChI=1S/C8H10N.C7H8O3S/c1-8(2)9-6-4-3-5-7-9;1-6-2-4-7(5-3-6)11(8,9)10/h3-7H,1H2,2H3;2-5H,1H3,(H,8,9,10)/q+1;/p-1. The predicted octanol–water partition coefficient (Wildman–Crippen LogP) is 2.36. The minimum Gasteiger partial charge on any atom is -0.744 e. The zero-order valence-electron chi connectivity index (χ0n) is 11.5. The normalized spacial score (nSPS) is 10.3. The summed E-state index contributed by atoms with van der Waals surface area (Å²) in [5.41, 5.74) is 1.97. The maximum atomic E-state index is 10.4. The van der Waals surface area contributed by atoms with Crippen LogP contribution < -0.4 is 4.57 Å². The van der Waals surface area contributed by atoms with E-state index in [0.29, 0.717) is 0 Å². The van der Waals surface area contributed by atoms with E-state index in [1.54, 1.807) is 12.1 Å². The first-order chi connectivity index (χ1) is 9.30. The van der Waals surface area contributed by atoms with Gasteiger partial charge in [-0.1, -0.05) is 23.8 Å².